The van der Waals surface area contributed by atoms with Gasteiger partial charge in [0.1, 0.15) is 5.75 Å². The Balaban J connectivity index is 2.25. The average Bonchev–Trinajstić information content (AvgIpc) is 2.69. The van der Waals surface area contributed by atoms with E-state index in [-0.39, 0.29) is 6.04 Å². The van der Waals surface area contributed by atoms with Gasteiger partial charge in [-0.25, -0.2) is 0 Å². The van der Waals surface area contributed by atoms with Crippen molar-refractivity contribution in [1.82, 2.24) is 0 Å². The summed E-state index contributed by atoms with van der Waals surface area (Å²) in [4.78, 5) is 0. The minimum Gasteiger partial charge on any atom is -0.496 e. The monoisotopic (exact) mass is 379 g/mol. The van der Waals surface area contributed by atoms with Gasteiger partial charge in [0, 0.05) is 16.1 Å². The van der Waals surface area contributed by atoms with Gasteiger partial charge in [-0.05, 0) is 36.2 Å². The van der Waals surface area contributed by atoms with E-state index < -0.39 is 0 Å². The summed E-state index contributed by atoms with van der Waals surface area (Å²) in [6.07, 6.45) is 0.634. The number of benzene rings is 1. The second-order valence-electron chi connectivity index (χ2n) is 4.05. The van der Waals surface area contributed by atoms with Crippen LogP contribution >= 0.6 is 50.5 Å². The van der Waals surface area contributed by atoms with E-state index in [1.165, 1.54) is 11.3 Å². The van der Waals surface area contributed by atoms with E-state index >= 15 is 0 Å². The Labute approximate surface area is 134 Å². The quantitative estimate of drug-likeness (QED) is 0.803. The largest absolute Gasteiger partial charge is 0.496 e. The van der Waals surface area contributed by atoms with Crippen LogP contribution in [0.2, 0.25) is 8.67 Å². The summed E-state index contributed by atoms with van der Waals surface area (Å²) in [7, 11) is 1.65. The molecule has 0 amide bonds. The van der Waals surface area contributed by atoms with Crippen LogP contribution in [0.15, 0.2) is 28.7 Å². The van der Waals surface area contributed by atoms with Crippen LogP contribution in [-0.2, 0) is 6.42 Å². The van der Waals surface area contributed by atoms with E-state index in [0.717, 1.165) is 21.3 Å². The van der Waals surface area contributed by atoms with E-state index in [1.54, 1.807) is 7.11 Å². The van der Waals surface area contributed by atoms with Crippen LogP contribution in [0, 0.1) is 0 Å². The lowest BCUT2D eigenvalue weighted by Gasteiger charge is -2.14. The minimum absolute atomic E-state index is 0.209. The summed E-state index contributed by atoms with van der Waals surface area (Å²) >= 11 is 16.8. The fraction of sp³-hybridized carbons (Fsp3) is 0.231. The molecule has 0 bridgehead atoms. The Bertz CT molecular complexity index is 588. The molecule has 102 valence electrons. The third-order valence-electron chi connectivity index (χ3n) is 2.76. The molecule has 6 heteroatoms. The fourth-order valence-electron chi connectivity index (χ4n) is 1.86. The van der Waals surface area contributed by atoms with Gasteiger partial charge in [-0.3, -0.25) is 0 Å². The van der Waals surface area contributed by atoms with Crippen LogP contribution in [0.25, 0.3) is 0 Å². The van der Waals surface area contributed by atoms with Crippen molar-refractivity contribution in [2.45, 2.75) is 12.5 Å². The summed E-state index contributed by atoms with van der Waals surface area (Å²) in [5.41, 5.74) is 8.11. The highest BCUT2D eigenvalue weighted by Crippen LogP contribution is 2.36. The number of rotatable bonds is 4. The number of methoxy groups -OCH3 is 1. The molecule has 0 aliphatic rings. The standard InChI is InChI=1S/C13H12BrCl2NOS/c1-18-11-3-2-8(14)4-7(11)5-10(17)9-6-12(15)19-13(9)16/h2-4,6,10H,5,17H2,1H3. The lowest BCUT2D eigenvalue weighted by molar-refractivity contribution is 0.408. The maximum atomic E-state index is 6.21. The first-order valence-electron chi connectivity index (χ1n) is 5.54. The normalized spacial score (nSPS) is 12.5. The number of thiophene rings is 1. The first kappa shape index (κ1) is 15.1. The maximum Gasteiger partial charge on any atom is 0.122 e. The molecule has 19 heavy (non-hydrogen) atoms. The summed E-state index contributed by atoms with van der Waals surface area (Å²) in [6, 6.07) is 7.46. The van der Waals surface area contributed by atoms with E-state index in [4.69, 9.17) is 33.7 Å². The van der Waals surface area contributed by atoms with Crippen LogP contribution in [0.5, 0.6) is 5.75 Å². The van der Waals surface area contributed by atoms with E-state index in [1.807, 2.05) is 24.3 Å². The van der Waals surface area contributed by atoms with Crippen molar-refractivity contribution in [2.24, 2.45) is 5.73 Å². The molecule has 0 saturated heterocycles. The Hall–Kier alpha value is -0.260. The maximum absolute atomic E-state index is 6.21. The third kappa shape index (κ3) is 3.64. The number of hydrogen-bond acceptors (Lipinski definition) is 3. The van der Waals surface area contributed by atoms with Crippen LogP contribution in [0.1, 0.15) is 17.2 Å². The Morgan fingerprint density at radius 1 is 1.37 bits per heavy atom. The van der Waals surface area contributed by atoms with Crippen LogP contribution in [-0.4, -0.2) is 7.11 Å². The van der Waals surface area contributed by atoms with E-state index in [0.29, 0.717) is 15.1 Å². The molecule has 2 rings (SSSR count). The van der Waals surface area contributed by atoms with E-state index in [9.17, 15) is 0 Å². The average molecular weight is 381 g/mol. The molecule has 0 spiro atoms. The highest BCUT2D eigenvalue weighted by molar-refractivity contribution is 9.10. The van der Waals surface area contributed by atoms with Crippen molar-refractivity contribution in [2.75, 3.05) is 7.11 Å². The molecular weight excluding hydrogens is 369 g/mol. The molecule has 0 aliphatic carbocycles. The van der Waals surface area contributed by atoms with Gasteiger partial charge < -0.3 is 10.5 Å². The summed E-state index contributed by atoms with van der Waals surface area (Å²) < 4.78 is 7.62. The lowest BCUT2D eigenvalue weighted by Crippen LogP contribution is -2.13. The van der Waals surface area contributed by atoms with Crippen molar-refractivity contribution in [1.29, 1.82) is 0 Å². The van der Waals surface area contributed by atoms with Gasteiger partial charge in [0.15, 0.2) is 0 Å². The molecule has 0 saturated carbocycles. The van der Waals surface area contributed by atoms with Gasteiger partial charge in [0.2, 0.25) is 0 Å². The predicted molar refractivity (Wildman–Crippen MR) is 85.7 cm³/mol. The molecule has 0 fully saturated rings. The minimum atomic E-state index is -0.209. The summed E-state index contributed by atoms with van der Waals surface area (Å²) in [6.45, 7) is 0. The number of nitrogens with two attached hydrogens (primary N) is 1. The Morgan fingerprint density at radius 2 is 2.11 bits per heavy atom. The van der Waals surface area contributed by atoms with Crippen LogP contribution < -0.4 is 10.5 Å². The predicted octanol–water partition coefficient (Wildman–Crippen LogP) is 5.07. The lowest BCUT2D eigenvalue weighted by atomic mass is 10.0. The first-order valence-corrected chi connectivity index (χ1v) is 7.90. The zero-order valence-corrected chi connectivity index (χ0v) is 14.0. The van der Waals surface area contributed by atoms with Gasteiger partial charge in [0.05, 0.1) is 15.8 Å². The fourth-order valence-corrected chi connectivity index (χ4v) is 3.86. The Morgan fingerprint density at radius 3 is 2.68 bits per heavy atom. The molecule has 0 aliphatic heterocycles. The zero-order valence-electron chi connectivity index (χ0n) is 10.1. The van der Waals surface area contributed by atoms with Gasteiger partial charge in [0.25, 0.3) is 0 Å². The number of halogens is 3. The zero-order chi connectivity index (χ0) is 14.0. The molecule has 2 nitrogen and oxygen atoms in total. The SMILES string of the molecule is COc1ccc(Br)cc1CC(N)c1cc(Cl)sc1Cl. The number of ether oxygens (including phenoxy) is 1. The summed E-state index contributed by atoms with van der Waals surface area (Å²) in [5, 5.41) is 0. The second-order valence-corrected chi connectivity index (χ2v) is 7.25. The van der Waals surface area contributed by atoms with Gasteiger partial charge in [-0.15, -0.1) is 11.3 Å². The van der Waals surface area contributed by atoms with Crippen molar-refractivity contribution < 1.29 is 4.74 Å². The van der Waals surface area contributed by atoms with Crippen LogP contribution in [0.4, 0.5) is 0 Å². The van der Waals surface area contributed by atoms with Crippen molar-refractivity contribution in [3.05, 3.63) is 48.5 Å². The second kappa shape index (κ2) is 6.46. The first-order chi connectivity index (χ1) is 9.01. The topological polar surface area (TPSA) is 35.2 Å². The highest BCUT2D eigenvalue weighted by Gasteiger charge is 2.16. The summed E-state index contributed by atoms with van der Waals surface area (Å²) in [5.74, 6) is 0.816. The van der Waals surface area contributed by atoms with Crippen molar-refractivity contribution in [3.8, 4) is 5.75 Å². The Kier molecular flexibility index (Phi) is 5.15. The van der Waals surface area contributed by atoms with Crippen molar-refractivity contribution in [3.63, 3.8) is 0 Å². The highest BCUT2D eigenvalue weighted by atomic mass is 79.9. The van der Waals surface area contributed by atoms with Gasteiger partial charge >= 0.3 is 0 Å². The number of hydrogen-bond donors (Lipinski definition) is 1. The van der Waals surface area contributed by atoms with Crippen molar-refractivity contribution >= 4 is 50.5 Å². The molecular formula is C13H12BrCl2NOS. The third-order valence-corrected chi connectivity index (χ3v) is 4.78. The molecule has 2 aromatic rings. The molecule has 1 aromatic carbocycles. The molecule has 1 atom stereocenters. The van der Waals surface area contributed by atoms with Crippen LogP contribution in [0.3, 0.4) is 0 Å². The smallest absolute Gasteiger partial charge is 0.122 e. The molecule has 0 radical (unpaired) electrons. The van der Waals surface area contributed by atoms with Gasteiger partial charge in [-0.2, -0.15) is 0 Å². The molecule has 2 N–H and O–H groups in total. The molecule has 1 aromatic heterocycles. The van der Waals surface area contributed by atoms with E-state index in [2.05, 4.69) is 15.9 Å². The molecule has 1 unspecified atom stereocenters. The van der Waals surface area contributed by atoms with Gasteiger partial charge in [-0.1, -0.05) is 39.1 Å². The molecule has 1 heterocycles.